The highest BCUT2D eigenvalue weighted by Gasteiger charge is 2.31. The highest BCUT2D eigenvalue weighted by Crippen LogP contribution is 2.24. The molecule has 7 heteroatoms. The van der Waals surface area contributed by atoms with Gasteiger partial charge in [-0.25, -0.2) is 8.42 Å². The molecule has 3 rings (SSSR count). The zero-order valence-corrected chi connectivity index (χ0v) is 14.3. The van der Waals surface area contributed by atoms with Crippen LogP contribution in [0.15, 0.2) is 52.0 Å². The Balaban J connectivity index is 1.85. The largest absolute Gasteiger partial charge is 0.438 e. The Labute approximate surface area is 141 Å². The van der Waals surface area contributed by atoms with Crippen molar-refractivity contribution >= 4 is 21.6 Å². The van der Waals surface area contributed by atoms with E-state index in [-0.39, 0.29) is 16.8 Å². The molecule has 0 aliphatic carbocycles. The number of hydrogen-bond acceptors (Lipinski definition) is 4. The first-order valence-electron chi connectivity index (χ1n) is 8.01. The summed E-state index contributed by atoms with van der Waals surface area (Å²) in [6.45, 7) is 3.31. The predicted molar refractivity (Wildman–Crippen MR) is 90.5 cm³/mol. The third-order valence-corrected chi connectivity index (χ3v) is 5.85. The molecule has 2 heterocycles. The monoisotopic (exact) mass is 348 g/mol. The molecule has 0 unspecified atom stereocenters. The molecular weight excluding hydrogens is 328 g/mol. The van der Waals surface area contributed by atoms with Gasteiger partial charge in [0.2, 0.25) is 5.09 Å². The molecule has 6 nitrogen and oxygen atoms in total. The second-order valence-corrected chi connectivity index (χ2v) is 7.48. The van der Waals surface area contributed by atoms with E-state index in [1.807, 2.05) is 37.3 Å². The maximum atomic E-state index is 12.7. The maximum absolute atomic E-state index is 12.7. The number of sulfonamides is 1. The van der Waals surface area contributed by atoms with E-state index < -0.39 is 10.0 Å². The molecule has 128 valence electrons. The Morgan fingerprint density at radius 1 is 1.12 bits per heavy atom. The molecule has 0 N–H and O–H groups in total. The van der Waals surface area contributed by atoms with Crippen molar-refractivity contribution in [3.05, 3.63) is 48.2 Å². The molecule has 0 saturated carbocycles. The van der Waals surface area contributed by atoms with E-state index in [0.717, 1.165) is 18.5 Å². The lowest BCUT2D eigenvalue weighted by molar-refractivity contribution is 0.0956. The van der Waals surface area contributed by atoms with Crippen molar-refractivity contribution in [3.63, 3.8) is 0 Å². The van der Waals surface area contributed by atoms with Crippen LogP contribution < -0.4 is 4.90 Å². The summed E-state index contributed by atoms with van der Waals surface area (Å²) in [7, 11) is -3.65. The summed E-state index contributed by atoms with van der Waals surface area (Å²) >= 11 is 0. The van der Waals surface area contributed by atoms with Crippen LogP contribution in [0, 0.1) is 0 Å². The predicted octanol–water partition coefficient (Wildman–Crippen LogP) is 2.73. The minimum absolute atomic E-state index is 0.0264. The first-order valence-corrected chi connectivity index (χ1v) is 9.45. The van der Waals surface area contributed by atoms with Crippen LogP contribution in [-0.4, -0.2) is 38.3 Å². The number of para-hydroxylation sites is 1. The number of furan rings is 1. The normalized spacial score (nSPS) is 15.5. The van der Waals surface area contributed by atoms with Crippen LogP contribution in [0.1, 0.15) is 30.3 Å². The summed E-state index contributed by atoms with van der Waals surface area (Å²) in [4.78, 5) is 14.2. The lowest BCUT2D eigenvalue weighted by atomic mass is 10.2. The molecule has 1 aliphatic rings. The first kappa shape index (κ1) is 16.7. The fourth-order valence-corrected chi connectivity index (χ4v) is 4.24. The molecule has 1 saturated heterocycles. The van der Waals surface area contributed by atoms with Crippen LogP contribution in [0.25, 0.3) is 0 Å². The highest BCUT2D eigenvalue weighted by molar-refractivity contribution is 7.89. The number of amides is 1. The van der Waals surface area contributed by atoms with Gasteiger partial charge in [-0.05, 0) is 44.0 Å². The fraction of sp³-hybridized carbons (Fsp3) is 0.353. The quantitative estimate of drug-likeness (QED) is 0.833. The van der Waals surface area contributed by atoms with Gasteiger partial charge in [-0.3, -0.25) is 4.79 Å². The zero-order chi connectivity index (χ0) is 17.2. The van der Waals surface area contributed by atoms with E-state index in [1.165, 1.54) is 16.4 Å². The number of nitrogens with zero attached hydrogens (tertiary/aromatic N) is 2. The van der Waals surface area contributed by atoms with Crippen molar-refractivity contribution in [1.29, 1.82) is 0 Å². The van der Waals surface area contributed by atoms with Gasteiger partial charge in [0.25, 0.3) is 15.9 Å². The molecule has 1 fully saturated rings. The van der Waals surface area contributed by atoms with E-state index in [1.54, 1.807) is 4.90 Å². The van der Waals surface area contributed by atoms with Crippen LogP contribution in [0.4, 0.5) is 5.69 Å². The topological polar surface area (TPSA) is 70.8 Å². The minimum Gasteiger partial charge on any atom is -0.438 e. The second kappa shape index (κ2) is 6.78. The van der Waals surface area contributed by atoms with Crippen LogP contribution in [0.5, 0.6) is 0 Å². The smallest absolute Gasteiger partial charge is 0.294 e. The Kier molecular flexibility index (Phi) is 4.73. The van der Waals surface area contributed by atoms with Crippen molar-refractivity contribution in [2.45, 2.75) is 24.9 Å². The zero-order valence-electron chi connectivity index (χ0n) is 13.5. The Morgan fingerprint density at radius 3 is 2.42 bits per heavy atom. The third kappa shape index (κ3) is 3.09. The van der Waals surface area contributed by atoms with Gasteiger partial charge in [0.1, 0.15) is 0 Å². The summed E-state index contributed by atoms with van der Waals surface area (Å²) in [6, 6.07) is 12.0. The fourth-order valence-electron chi connectivity index (χ4n) is 2.81. The lowest BCUT2D eigenvalue weighted by Gasteiger charge is -2.19. The summed E-state index contributed by atoms with van der Waals surface area (Å²) in [6.07, 6.45) is 1.70. The molecule has 1 aliphatic heterocycles. The van der Waals surface area contributed by atoms with Crippen LogP contribution in [0.3, 0.4) is 0 Å². The summed E-state index contributed by atoms with van der Waals surface area (Å²) < 4.78 is 31.8. The average Bonchev–Trinajstić information content (AvgIpc) is 3.29. The van der Waals surface area contributed by atoms with Gasteiger partial charge in [-0.1, -0.05) is 18.2 Å². The van der Waals surface area contributed by atoms with Crippen molar-refractivity contribution in [2.75, 3.05) is 24.5 Å². The van der Waals surface area contributed by atoms with Crippen molar-refractivity contribution in [1.82, 2.24) is 4.31 Å². The number of carbonyl (C=O) groups excluding carboxylic acids is 1. The molecule has 0 radical (unpaired) electrons. The van der Waals surface area contributed by atoms with E-state index in [4.69, 9.17) is 4.42 Å². The van der Waals surface area contributed by atoms with E-state index >= 15 is 0 Å². The summed E-state index contributed by atoms with van der Waals surface area (Å²) in [5, 5.41) is -0.170. The van der Waals surface area contributed by atoms with E-state index in [2.05, 4.69) is 0 Å². The first-order chi connectivity index (χ1) is 11.5. The van der Waals surface area contributed by atoms with Crippen LogP contribution in [0.2, 0.25) is 0 Å². The van der Waals surface area contributed by atoms with Crippen molar-refractivity contribution < 1.29 is 17.6 Å². The van der Waals surface area contributed by atoms with Gasteiger partial charge in [-0.15, -0.1) is 0 Å². The lowest BCUT2D eigenvalue weighted by Crippen LogP contribution is -2.30. The molecule has 24 heavy (non-hydrogen) atoms. The average molecular weight is 348 g/mol. The van der Waals surface area contributed by atoms with Gasteiger partial charge < -0.3 is 9.32 Å². The maximum Gasteiger partial charge on any atom is 0.294 e. The minimum atomic E-state index is -3.65. The molecule has 0 bridgehead atoms. The second-order valence-electron chi connectivity index (χ2n) is 5.61. The van der Waals surface area contributed by atoms with Crippen molar-refractivity contribution in [3.8, 4) is 0 Å². The molecule has 1 amide bonds. The van der Waals surface area contributed by atoms with Gasteiger partial charge in [-0.2, -0.15) is 4.31 Å². The highest BCUT2D eigenvalue weighted by atomic mass is 32.2. The molecule has 2 aromatic rings. The third-order valence-electron chi connectivity index (χ3n) is 4.08. The number of anilines is 1. The standard InChI is InChI=1S/C17H20N2O4S/c1-2-19(14-8-4-3-5-9-14)17(20)15-10-11-16(23-15)24(21,22)18-12-6-7-13-18/h3-5,8-11H,2,6-7,12-13H2,1H3. The van der Waals surface area contributed by atoms with Gasteiger partial charge >= 0.3 is 0 Å². The molecular formula is C17H20N2O4S. The van der Waals surface area contributed by atoms with Gasteiger partial charge in [0, 0.05) is 25.3 Å². The molecule has 1 aromatic heterocycles. The van der Waals surface area contributed by atoms with Crippen LogP contribution in [-0.2, 0) is 10.0 Å². The van der Waals surface area contributed by atoms with E-state index in [9.17, 15) is 13.2 Å². The van der Waals surface area contributed by atoms with E-state index in [0.29, 0.717) is 19.6 Å². The molecule has 0 atom stereocenters. The number of rotatable bonds is 5. The molecule has 1 aromatic carbocycles. The summed E-state index contributed by atoms with van der Waals surface area (Å²) in [5.41, 5.74) is 0.741. The Morgan fingerprint density at radius 2 is 1.79 bits per heavy atom. The molecule has 0 spiro atoms. The van der Waals surface area contributed by atoms with Gasteiger partial charge in [0.15, 0.2) is 5.76 Å². The van der Waals surface area contributed by atoms with Crippen molar-refractivity contribution in [2.24, 2.45) is 0 Å². The number of carbonyl (C=O) groups is 1. The Bertz CT molecular complexity index is 808. The number of benzene rings is 1. The van der Waals surface area contributed by atoms with Gasteiger partial charge in [0.05, 0.1) is 0 Å². The Hall–Kier alpha value is -2.12. The van der Waals surface area contributed by atoms with Crippen LogP contribution >= 0.6 is 0 Å². The summed E-state index contributed by atoms with van der Waals surface area (Å²) in [5.74, 6) is -0.329. The SMILES string of the molecule is CCN(C(=O)c1ccc(S(=O)(=O)N2CCCC2)o1)c1ccccc1. The number of hydrogen-bond donors (Lipinski definition) is 0.